The van der Waals surface area contributed by atoms with Gasteiger partial charge < -0.3 is 14.6 Å². The predicted octanol–water partition coefficient (Wildman–Crippen LogP) is 2.00. The largest absolute Gasteiger partial charge is 0.479 e. The van der Waals surface area contributed by atoms with Gasteiger partial charge in [-0.05, 0) is 36.3 Å². The fraction of sp³-hybridized carbons (Fsp3) is 0.375. The first kappa shape index (κ1) is 15.5. The second-order valence-electron chi connectivity index (χ2n) is 5.58. The maximum absolute atomic E-state index is 13.1. The van der Waals surface area contributed by atoms with E-state index in [0.29, 0.717) is 0 Å². The molecule has 1 fully saturated rings. The number of nitrogens with zero attached hydrogens (tertiary/aromatic N) is 2. The lowest BCUT2D eigenvalue weighted by molar-refractivity contribution is 0.0890. The lowest BCUT2D eigenvalue weighted by atomic mass is 10.00. The molecular weight excluding hydrogens is 301 g/mol. The van der Waals surface area contributed by atoms with Crippen LogP contribution in [-0.2, 0) is 0 Å². The molecule has 0 radical (unpaired) electrons. The number of hydrogen-bond acceptors (Lipinski definition) is 5. The molecule has 1 aromatic carbocycles. The van der Waals surface area contributed by atoms with Crippen LogP contribution in [0.3, 0.4) is 0 Å². The Morgan fingerprint density at radius 2 is 2.17 bits per heavy atom. The van der Waals surface area contributed by atoms with Gasteiger partial charge in [0, 0.05) is 6.54 Å². The molecule has 6 nitrogen and oxygen atoms in total. The summed E-state index contributed by atoms with van der Waals surface area (Å²) in [5.74, 6) is -0.250. The predicted molar refractivity (Wildman–Crippen MR) is 80.7 cm³/mol. The number of likely N-dealkylation sites (N-methyl/N-ethyl adjacent to an activating group) is 1. The summed E-state index contributed by atoms with van der Waals surface area (Å²) in [5, 5.41) is 6.58. The van der Waals surface area contributed by atoms with Crippen molar-refractivity contribution in [2.24, 2.45) is 0 Å². The summed E-state index contributed by atoms with van der Waals surface area (Å²) in [7, 11) is 3.44. The highest BCUT2D eigenvalue weighted by molar-refractivity contribution is 5.91. The Morgan fingerprint density at radius 3 is 2.83 bits per heavy atom. The van der Waals surface area contributed by atoms with Gasteiger partial charge in [0.15, 0.2) is 0 Å². The van der Waals surface area contributed by atoms with Crippen molar-refractivity contribution >= 4 is 5.91 Å². The zero-order valence-corrected chi connectivity index (χ0v) is 13.0. The van der Waals surface area contributed by atoms with E-state index >= 15 is 0 Å². The number of nitrogens with one attached hydrogen (secondary N) is 1. The first-order valence-electron chi connectivity index (χ1n) is 7.36. The van der Waals surface area contributed by atoms with Gasteiger partial charge in [-0.25, -0.2) is 4.39 Å². The zero-order chi connectivity index (χ0) is 16.4. The average molecular weight is 319 g/mol. The summed E-state index contributed by atoms with van der Waals surface area (Å²) in [5.41, 5.74) is 0.965. The van der Waals surface area contributed by atoms with E-state index in [4.69, 9.17) is 9.26 Å². The fourth-order valence-corrected chi connectivity index (χ4v) is 2.95. The van der Waals surface area contributed by atoms with Crippen molar-refractivity contribution in [1.29, 1.82) is 0 Å². The molecule has 23 heavy (non-hydrogen) atoms. The Bertz CT molecular complexity index is 686. The molecule has 2 atom stereocenters. The lowest BCUT2D eigenvalue weighted by Gasteiger charge is -2.25. The van der Waals surface area contributed by atoms with E-state index in [-0.39, 0.29) is 35.4 Å². The lowest BCUT2D eigenvalue weighted by Crippen LogP contribution is -2.38. The van der Waals surface area contributed by atoms with Crippen LogP contribution < -0.4 is 10.1 Å². The molecule has 0 spiro atoms. The molecular formula is C16H18FN3O3. The van der Waals surface area contributed by atoms with Gasteiger partial charge in [-0.1, -0.05) is 12.1 Å². The van der Waals surface area contributed by atoms with Crippen molar-refractivity contribution in [1.82, 2.24) is 15.4 Å². The molecule has 1 aliphatic heterocycles. The first-order valence-corrected chi connectivity index (χ1v) is 7.36. The van der Waals surface area contributed by atoms with E-state index in [2.05, 4.69) is 15.4 Å². The molecule has 122 valence electrons. The third-order valence-electron chi connectivity index (χ3n) is 4.10. The van der Waals surface area contributed by atoms with E-state index in [9.17, 15) is 9.18 Å². The summed E-state index contributed by atoms with van der Waals surface area (Å²) in [6, 6.07) is 7.71. The number of likely N-dealkylation sites (tertiary alicyclic amines) is 1. The van der Waals surface area contributed by atoms with Crippen LogP contribution in [0, 0.1) is 5.82 Å². The van der Waals surface area contributed by atoms with E-state index in [0.717, 1.165) is 18.5 Å². The highest BCUT2D eigenvalue weighted by Gasteiger charge is 2.34. The number of methoxy groups -OCH3 is 1. The van der Waals surface area contributed by atoms with Crippen molar-refractivity contribution < 1.29 is 18.4 Å². The van der Waals surface area contributed by atoms with Crippen molar-refractivity contribution in [3.63, 3.8) is 0 Å². The molecule has 0 unspecified atom stereocenters. The number of carbonyl (C=O) groups is 1. The van der Waals surface area contributed by atoms with Crippen LogP contribution in [0.4, 0.5) is 4.39 Å². The normalized spacial score (nSPS) is 21.3. The molecule has 2 aromatic rings. The van der Waals surface area contributed by atoms with Gasteiger partial charge in [-0.3, -0.25) is 9.69 Å². The molecule has 0 saturated carbocycles. The Balaban J connectivity index is 1.75. The van der Waals surface area contributed by atoms with Gasteiger partial charge in [0.2, 0.25) is 5.76 Å². The minimum atomic E-state index is -0.340. The molecule has 1 N–H and O–H groups in total. The Morgan fingerprint density at radius 1 is 1.43 bits per heavy atom. The van der Waals surface area contributed by atoms with Crippen LogP contribution in [0.25, 0.3) is 0 Å². The molecule has 1 saturated heterocycles. The molecule has 1 aromatic heterocycles. The molecule has 2 heterocycles. The average Bonchev–Trinajstić information content (AvgIpc) is 3.16. The summed E-state index contributed by atoms with van der Waals surface area (Å²) in [4.78, 5) is 14.4. The number of halogens is 1. The summed E-state index contributed by atoms with van der Waals surface area (Å²) < 4.78 is 23.0. The highest BCUT2D eigenvalue weighted by Crippen LogP contribution is 2.31. The Kier molecular flexibility index (Phi) is 4.29. The van der Waals surface area contributed by atoms with E-state index in [1.165, 1.54) is 25.3 Å². The summed E-state index contributed by atoms with van der Waals surface area (Å²) in [6.07, 6.45) is 0.801. The van der Waals surface area contributed by atoms with Crippen LogP contribution in [0.2, 0.25) is 0 Å². The molecule has 1 aliphatic rings. The molecule has 3 rings (SSSR count). The monoisotopic (exact) mass is 319 g/mol. The molecule has 0 bridgehead atoms. The molecule has 1 amide bonds. The number of ether oxygens (including phenoxy) is 1. The quantitative estimate of drug-likeness (QED) is 0.933. The fourth-order valence-electron chi connectivity index (χ4n) is 2.95. The first-order chi connectivity index (χ1) is 11.1. The SMILES string of the molecule is COc1cc(C(=O)N[C@@H]2CCN(C)[C@H]2c2ccc(F)cc2)on1. The smallest absolute Gasteiger partial charge is 0.290 e. The standard InChI is InChI=1S/C16H18FN3O3/c1-20-8-7-12(15(20)10-3-5-11(17)6-4-10)18-16(21)13-9-14(22-2)19-23-13/h3-6,9,12,15H,7-8H2,1-2H3,(H,18,21)/t12-,15+/m1/s1. The van der Waals surface area contributed by atoms with Crippen LogP contribution >= 0.6 is 0 Å². The maximum Gasteiger partial charge on any atom is 0.290 e. The third kappa shape index (κ3) is 3.19. The topological polar surface area (TPSA) is 67.6 Å². The summed E-state index contributed by atoms with van der Waals surface area (Å²) in [6.45, 7) is 0.840. The van der Waals surface area contributed by atoms with Crippen molar-refractivity contribution in [2.45, 2.75) is 18.5 Å². The number of amides is 1. The van der Waals surface area contributed by atoms with E-state index in [1.54, 1.807) is 12.1 Å². The zero-order valence-electron chi connectivity index (χ0n) is 13.0. The van der Waals surface area contributed by atoms with Gasteiger partial charge in [-0.2, -0.15) is 0 Å². The van der Waals surface area contributed by atoms with Crippen molar-refractivity contribution in [3.05, 3.63) is 47.5 Å². The Hall–Kier alpha value is -2.41. The van der Waals surface area contributed by atoms with Crippen LogP contribution in [0.5, 0.6) is 5.88 Å². The van der Waals surface area contributed by atoms with Crippen LogP contribution in [0.1, 0.15) is 28.6 Å². The van der Waals surface area contributed by atoms with Gasteiger partial charge in [0.1, 0.15) is 5.82 Å². The third-order valence-corrected chi connectivity index (χ3v) is 4.10. The van der Waals surface area contributed by atoms with Gasteiger partial charge >= 0.3 is 0 Å². The molecule has 7 heteroatoms. The van der Waals surface area contributed by atoms with Crippen molar-refractivity contribution in [2.75, 3.05) is 20.7 Å². The number of aromatic nitrogens is 1. The van der Waals surface area contributed by atoms with Gasteiger partial charge in [-0.15, -0.1) is 0 Å². The second-order valence-corrected chi connectivity index (χ2v) is 5.58. The van der Waals surface area contributed by atoms with E-state index < -0.39 is 0 Å². The number of benzene rings is 1. The number of rotatable bonds is 4. The minimum Gasteiger partial charge on any atom is -0.479 e. The van der Waals surface area contributed by atoms with E-state index in [1.807, 2.05) is 7.05 Å². The maximum atomic E-state index is 13.1. The second kappa shape index (κ2) is 6.37. The van der Waals surface area contributed by atoms with Crippen molar-refractivity contribution in [3.8, 4) is 5.88 Å². The summed E-state index contributed by atoms with van der Waals surface area (Å²) >= 11 is 0. The highest BCUT2D eigenvalue weighted by atomic mass is 19.1. The van der Waals surface area contributed by atoms with Crippen LogP contribution in [-0.4, -0.2) is 42.7 Å². The number of hydrogen-bond donors (Lipinski definition) is 1. The molecule has 0 aliphatic carbocycles. The Labute approximate surface area is 133 Å². The number of carbonyl (C=O) groups excluding carboxylic acids is 1. The van der Waals surface area contributed by atoms with Crippen LogP contribution in [0.15, 0.2) is 34.9 Å². The minimum absolute atomic E-state index is 0.00985. The van der Waals surface area contributed by atoms with Gasteiger partial charge in [0.05, 0.1) is 25.3 Å². The van der Waals surface area contributed by atoms with Gasteiger partial charge in [0.25, 0.3) is 11.8 Å².